The van der Waals surface area contributed by atoms with Crippen molar-refractivity contribution in [1.29, 1.82) is 0 Å². The molecule has 0 bridgehead atoms. The number of aromatic amines is 1. The minimum absolute atomic E-state index is 0.0268. The Kier molecular flexibility index (Phi) is 6.41. The fraction of sp³-hybridized carbons (Fsp3) is 0.600. The third kappa shape index (κ3) is 5.84. The zero-order valence-corrected chi connectivity index (χ0v) is 14.4. The Morgan fingerprint density at radius 3 is 2.52 bits per heavy atom. The summed E-state index contributed by atoms with van der Waals surface area (Å²) in [5, 5.41) is 9.07. The number of hydrogen-bond donors (Lipinski definition) is 7. The number of ether oxygens (including phenoxy) is 1. The van der Waals surface area contributed by atoms with Gasteiger partial charge in [-0.05, 0) is 12.8 Å². The molecule has 25 heavy (non-hydrogen) atoms. The van der Waals surface area contributed by atoms with Crippen LogP contribution in [0.4, 0.5) is 0 Å². The Morgan fingerprint density at radius 1 is 1.24 bits per heavy atom. The molecular weight excluding hydrogens is 386 g/mol. The standard InChI is InChI=1S/C10H17N2O11P2/c13-4-6-3-12(10(15)11-9(6)14)8-2-1-7(22-8)5-21-25(19,20)23-24(16,17)18/h3,7-8,13,16-20H,1-2,4-5H2/q+1/p+1. The number of aliphatic hydroxyl groups is 1. The average molecular weight is 404 g/mol. The highest BCUT2D eigenvalue weighted by Gasteiger charge is 2.58. The van der Waals surface area contributed by atoms with E-state index in [4.69, 9.17) is 24.5 Å². The summed E-state index contributed by atoms with van der Waals surface area (Å²) < 4.78 is 15.0. The van der Waals surface area contributed by atoms with Gasteiger partial charge in [0.1, 0.15) is 12.8 Å². The molecule has 15 heteroatoms. The van der Waals surface area contributed by atoms with Crippen LogP contribution in [0.15, 0.2) is 15.8 Å². The van der Waals surface area contributed by atoms with Crippen molar-refractivity contribution in [2.75, 3.05) is 6.61 Å². The van der Waals surface area contributed by atoms with Gasteiger partial charge in [0.15, 0.2) is 0 Å². The Hall–Kier alpha value is -0.820. The van der Waals surface area contributed by atoms with Crippen LogP contribution in [0.1, 0.15) is 24.6 Å². The van der Waals surface area contributed by atoms with E-state index in [9.17, 15) is 19.4 Å². The molecule has 0 radical (unpaired) electrons. The Balaban J connectivity index is 1.98. The number of nitrogens with zero attached hydrogens (tertiary/aromatic N) is 1. The number of nitrogens with one attached hydrogen (secondary N) is 1. The van der Waals surface area contributed by atoms with E-state index >= 15 is 0 Å². The van der Waals surface area contributed by atoms with E-state index in [-0.39, 0.29) is 5.56 Å². The van der Waals surface area contributed by atoms with E-state index < -0.39 is 53.1 Å². The summed E-state index contributed by atoms with van der Waals surface area (Å²) in [6, 6.07) is 0. The maximum absolute atomic E-state index is 11.8. The molecule has 2 heterocycles. The quantitative estimate of drug-likeness (QED) is 0.249. The smallest absolute Gasteiger partial charge is 0.391 e. The number of H-pyrrole nitrogens is 1. The highest BCUT2D eigenvalue weighted by atomic mass is 31.3. The molecule has 1 saturated heterocycles. The molecule has 0 aromatic carbocycles. The average Bonchev–Trinajstić information content (AvgIpc) is 2.92. The van der Waals surface area contributed by atoms with Gasteiger partial charge < -0.3 is 9.84 Å². The summed E-state index contributed by atoms with van der Waals surface area (Å²) in [6.45, 7) is -0.995. The summed E-state index contributed by atoms with van der Waals surface area (Å²) in [7, 11) is -9.56. The van der Waals surface area contributed by atoms with Gasteiger partial charge in [0.25, 0.3) is 5.56 Å². The van der Waals surface area contributed by atoms with Crippen molar-refractivity contribution in [3.05, 3.63) is 32.6 Å². The zero-order chi connectivity index (χ0) is 18.8. The molecule has 13 nitrogen and oxygen atoms in total. The predicted octanol–water partition coefficient (Wildman–Crippen LogP) is -1.94. The van der Waals surface area contributed by atoms with E-state index in [0.717, 1.165) is 10.8 Å². The lowest BCUT2D eigenvalue weighted by atomic mass is 10.2. The highest BCUT2D eigenvalue weighted by molar-refractivity contribution is 7.67. The molecule has 0 amide bonds. The van der Waals surface area contributed by atoms with Crippen molar-refractivity contribution in [1.82, 2.24) is 9.55 Å². The molecule has 2 atom stereocenters. The van der Waals surface area contributed by atoms with Crippen LogP contribution >= 0.6 is 16.3 Å². The molecule has 142 valence electrons. The molecule has 0 saturated carbocycles. The lowest BCUT2D eigenvalue weighted by Gasteiger charge is -2.16. The van der Waals surface area contributed by atoms with E-state index in [1.165, 1.54) is 0 Å². The molecule has 2 unspecified atom stereocenters. The molecule has 1 aliphatic heterocycles. The third-order valence-corrected chi connectivity index (χ3v) is 5.46. The van der Waals surface area contributed by atoms with Crippen LogP contribution in [0.25, 0.3) is 0 Å². The van der Waals surface area contributed by atoms with Crippen LogP contribution in [0.2, 0.25) is 0 Å². The van der Waals surface area contributed by atoms with Gasteiger partial charge in [0.05, 0.1) is 22.6 Å². The summed E-state index contributed by atoms with van der Waals surface area (Å²) in [5.41, 5.74) is -1.47. The van der Waals surface area contributed by atoms with Crippen molar-refractivity contribution < 1.29 is 43.1 Å². The third-order valence-electron chi connectivity index (χ3n) is 3.25. The second-order valence-corrected chi connectivity index (χ2v) is 8.07. The fourth-order valence-electron chi connectivity index (χ4n) is 2.21. The highest BCUT2D eigenvalue weighted by Crippen LogP contribution is 2.67. The summed E-state index contributed by atoms with van der Waals surface area (Å²) >= 11 is 0. The summed E-state index contributed by atoms with van der Waals surface area (Å²) in [5.74, 6) is 0. The van der Waals surface area contributed by atoms with Gasteiger partial charge in [0, 0.05) is 6.20 Å². The van der Waals surface area contributed by atoms with Crippen molar-refractivity contribution in [3.8, 4) is 0 Å². The second kappa shape index (κ2) is 7.82. The topological polar surface area (TPSA) is 204 Å². The second-order valence-electron chi connectivity index (χ2n) is 5.15. The van der Waals surface area contributed by atoms with Gasteiger partial charge in [-0.25, -0.2) is 4.79 Å². The SMILES string of the molecule is O=c1[nH]c(=O)n(C2CCC(CO[P+](O)(O)O[P+](O)(O)O)O2)cc1CO. The molecule has 1 aromatic rings. The lowest BCUT2D eigenvalue weighted by molar-refractivity contribution is -0.0276. The Bertz CT molecular complexity index is 712. The van der Waals surface area contributed by atoms with Crippen LogP contribution in [0, 0.1) is 0 Å². The van der Waals surface area contributed by atoms with Crippen LogP contribution in [-0.2, 0) is 20.2 Å². The normalized spacial score (nSPS) is 21.7. The minimum atomic E-state index is -4.90. The van der Waals surface area contributed by atoms with Crippen LogP contribution in [0.5, 0.6) is 0 Å². The van der Waals surface area contributed by atoms with Crippen molar-refractivity contribution in [2.24, 2.45) is 0 Å². The van der Waals surface area contributed by atoms with Crippen molar-refractivity contribution in [3.63, 3.8) is 0 Å². The molecule has 0 aliphatic carbocycles. The van der Waals surface area contributed by atoms with E-state index in [1.54, 1.807) is 0 Å². The van der Waals surface area contributed by atoms with Crippen LogP contribution < -0.4 is 11.2 Å². The van der Waals surface area contributed by atoms with Gasteiger partial charge in [0.2, 0.25) is 0 Å². The Morgan fingerprint density at radius 2 is 1.92 bits per heavy atom. The van der Waals surface area contributed by atoms with Gasteiger partial charge in [-0.15, -0.1) is 4.52 Å². The van der Waals surface area contributed by atoms with E-state index in [0.29, 0.717) is 12.8 Å². The predicted molar refractivity (Wildman–Crippen MR) is 82.4 cm³/mol. The number of aliphatic hydroxyl groups excluding tert-OH is 1. The summed E-state index contributed by atoms with van der Waals surface area (Å²) in [6.07, 6.45) is 0.338. The molecule has 1 aromatic heterocycles. The number of rotatable bonds is 7. The van der Waals surface area contributed by atoms with Gasteiger partial charge in [-0.2, -0.15) is 24.5 Å². The molecule has 7 N–H and O–H groups in total. The number of hydrogen-bond acceptors (Lipinski definition) is 11. The monoisotopic (exact) mass is 404 g/mol. The molecular formula is C10H18N2O11P2+2. The fourth-order valence-corrected chi connectivity index (χ4v) is 3.90. The first-order valence-electron chi connectivity index (χ1n) is 6.89. The maximum Gasteiger partial charge on any atom is 0.620 e. The van der Waals surface area contributed by atoms with Crippen molar-refractivity contribution in [2.45, 2.75) is 31.8 Å². The largest absolute Gasteiger partial charge is 0.620 e. The van der Waals surface area contributed by atoms with Gasteiger partial charge >= 0.3 is 22.0 Å². The van der Waals surface area contributed by atoms with Crippen LogP contribution in [-0.4, -0.2) is 51.8 Å². The van der Waals surface area contributed by atoms with Gasteiger partial charge in [-0.3, -0.25) is 14.3 Å². The zero-order valence-electron chi connectivity index (χ0n) is 12.6. The molecule has 2 rings (SSSR count). The number of aromatic nitrogens is 2. The first-order valence-corrected chi connectivity index (χ1v) is 9.98. The minimum Gasteiger partial charge on any atom is -0.391 e. The lowest BCUT2D eigenvalue weighted by Crippen LogP contribution is -2.34. The maximum atomic E-state index is 11.8. The molecule has 1 aliphatic rings. The Labute approximate surface area is 141 Å². The first kappa shape index (κ1) is 20.5. The van der Waals surface area contributed by atoms with E-state index in [1.807, 2.05) is 4.98 Å². The van der Waals surface area contributed by atoms with Crippen LogP contribution in [0.3, 0.4) is 0 Å². The van der Waals surface area contributed by atoms with Gasteiger partial charge in [-0.1, -0.05) is 0 Å². The van der Waals surface area contributed by atoms with Crippen molar-refractivity contribution >= 4 is 16.3 Å². The summed E-state index contributed by atoms with van der Waals surface area (Å²) in [4.78, 5) is 69.9. The molecule has 0 spiro atoms. The van der Waals surface area contributed by atoms with E-state index in [2.05, 4.69) is 8.83 Å². The first-order chi connectivity index (χ1) is 11.5. The molecule has 1 fully saturated rings.